The molecule has 0 bridgehead atoms. The van der Waals surface area contributed by atoms with Crippen LogP contribution >= 0.6 is 0 Å². The Morgan fingerprint density at radius 2 is 1.61 bits per heavy atom. The van der Waals surface area contributed by atoms with E-state index < -0.39 is 0 Å². The summed E-state index contributed by atoms with van der Waals surface area (Å²) in [6.45, 7) is 7.11. The summed E-state index contributed by atoms with van der Waals surface area (Å²) in [5, 5.41) is 8.81. The second-order valence-corrected chi connectivity index (χ2v) is 6.80. The summed E-state index contributed by atoms with van der Waals surface area (Å²) in [5.74, 6) is -0.0469. The van der Waals surface area contributed by atoms with E-state index in [0.29, 0.717) is 17.7 Å². The van der Waals surface area contributed by atoms with Gasteiger partial charge in [-0.1, -0.05) is 45.0 Å². The number of hydrogen-bond donors (Lipinski definition) is 0. The highest BCUT2D eigenvalue weighted by Gasteiger charge is 2.15. The molecule has 2 aromatic rings. The maximum atomic E-state index is 12.4. The summed E-state index contributed by atoms with van der Waals surface area (Å²) in [7, 11) is 1.79. The highest BCUT2D eigenvalue weighted by atomic mass is 16.2. The topological polar surface area (TPSA) is 44.1 Å². The van der Waals surface area contributed by atoms with Crippen LogP contribution in [0.15, 0.2) is 48.5 Å². The summed E-state index contributed by atoms with van der Waals surface area (Å²) in [5.41, 5.74) is 3.66. The molecule has 0 heterocycles. The van der Waals surface area contributed by atoms with E-state index in [-0.39, 0.29) is 11.3 Å². The average Bonchev–Trinajstić information content (AvgIpc) is 2.54. The fraction of sp³-hybridized carbons (Fsp3) is 0.300. The maximum Gasteiger partial charge on any atom is 0.253 e. The number of nitrogens with zero attached hydrogens (tertiary/aromatic N) is 2. The number of carbonyl (C=O) groups excluding carboxylic acids is 1. The number of nitriles is 1. The van der Waals surface area contributed by atoms with Crippen molar-refractivity contribution in [2.24, 2.45) is 0 Å². The van der Waals surface area contributed by atoms with E-state index in [1.807, 2.05) is 0 Å². The van der Waals surface area contributed by atoms with Gasteiger partial charge in [0.05, 0.1) is 11.6 Å². The normalized spacial score (nSPS) is 10.9. The Morgan fingerprint density at radius 1 is 1.04 bits per heavy atom. The molecule has 1 amide bonds. The monoisotopic (exact) mass is 306 g/mol. The smallest absolute Gasteiger partial charge is 0.253 e. The number of amides is 1. The van der Waals surface area contributed by atoms with Crippen LogP contribution in [0.1, 0.15) is 47.8 Å². The predicted molar refractivity (Wildman–Crippen MR) is 92.1 cm³/mol. The van der Waals surface area contributed by atoms with E-state index in [9.17, 15) is 4.79 Å². The van der Waals surface area contributed by atoms with E-state index in [2.05, 4.69) is 51.1 Å². The van der Waals surface area contributed by atoms with Gasteiger partial charge in [0.25, 0.3) is 5.91 Å². The Labute approximate surface area is 138 Å². The van der Waals surface area contributed by atoms with Crippen molar-refractivity contribution >= 4 is 5.91 Å². The molecule has 0 radical (unpaired) electrons. The average molecular weight is 306 g/mol. The molecule has 2 aromatic carbocycles. The standard InChI is InChI=1S/C20H22N2O/c1-20(2,3)18-11-7-16(8-12-18)14-22(4)19(23)17-9-5-15(13-21)6-10-17/h5-12H,14H2,1-4H3. The number of rotatable bonds is 3. The molecule has 3 nitrogen and oxygen atoms in total. The molecule has 23 heavy (non-hydrogen) atoms. The molecule has 0 N–H and O–H groups in total. The summed E-state index contributed by atoms with van der Waals surface area (Å²) < 4.78 is 0. The van der Waals surface area contributed by atoms with Crippen LogP contribution in [0.4, 0.5) is 0 Å². The van der Waals surface area contributed by atoms with Crippen LogP contribution in [0.3, 0.4) is 0 Å². The van der Waals surface area contributed by atoms with Crippen LogP contribution in [0.5, 0.6) is 0 Å². The third-order valence-electron chi connectivity index (χ3n) is 3.85. The first-order valence-electron chi connectivity index (χ1n) is 7.66. The van der Waals surface area contributed by atoms with Gasteiger partial charge in [-0.15, -0.1) is 0 Å². The van der Waals surface area contributed by atoms with Gasteiger partial charge >= 0.3 is 0 Å². The molecule has 0 fully saturated rings. The van der Waals surface area contributed by atoms with Crippen molar-refractivity contribution < 1.29 is 4.79 Å². The Kier molecular flexibility index (Phi) is 4.86. The van der Waals surface area contributed by atoms with E-state index >= 15 is 0 Å². The number of carbonyl (C=O) groups is 1. The molecule has 3 heteroatoms. The Balaban J connectivity index is 2.07. The largest absolute Gasteiger partial charge is 0.337 e. The zero-order valence-corrected chi connectivity index (χ0v) is 14.1. The van der Waals surface area contributed by atoms with Gasteiger partial charge < -0.3 is 4.90 Å². The molecule has 0 unspecified atom stereocenters. The first-order valence-corrected chi connectivity index (χ1v) is 7.66. The molecule has 2 rings (SSSR count). The third-order valence-corrected chi connectivity index (χ3v) is 3.85. The summed E-state index contributed by atoms with van der Waals surface area (Å²) in [4.78, 5) is 14.1. The van der Waals surface area contributed by atoms with Gasteiger partial charge in [0.15, 0.2) is 0 Å². The third kappa shape index (κ3) is 4.20. The molecule has 0 aliphatic carbocycles. The molecular formula is C20H22N2O. The highest BCUT2D eigenvalue weighted by molar-refractivity contribution is 5.94. The quantitative estimate of drug-likeness (QED) is 0.856. The highest BCUT2D eigenvalue weighted by Crippen LogP contribution is 2.22. The molecule has 0 atom stereocenters. The number of benzene rings is 2. The van der Waals surface area contributed by atoms with Crippen molar-refractivity contribution in [2.75, 3.05) is 7.05 Å². The van der Waals surface area contributed by atoms with Gasteiger partial charge in [-0.05, 0) is 40.8 Å². The molecule has 0 aromatic heterocycles. The van der Waals surface area contributed by atoms with Crippen LogP contribution in [0.25, 0.3) is 0 Å². The fourth-order valence-corrected chi connectivity index (χ4v) is 2.36. The summed E-state index contributed by atoms with van der Waals surface area (Å²) in [6, 6.07) is 17.2. The number of hydrogen-bond acceptors (Lipinski definition) is 2. The van der Waals surface area contributed by atoms with E-state index in [1.54, 1.807) is 36.2 Å². The van der Waals surface area contributed by atoms with Crippen LogP contribution in [-0.4, -0.2) is 17.9 Å². The van der Waals surface area contributed by atoms with Crippen LogP contribution in [-0.2, 0) is 12.0 Å². The van der Waals surface area contributed by atoms with Crippen molar-refractivity contribution in [3.63, 3.8) is 0 Å². The van der Waals surface area contributed by atoms with E-state index in [0.717, 1.165) is 5.56 Å². The lowest BCUT2D eigenvalue weighted by atomic mass is 9.87. The van der Waals surface area contributed by atoms with Gasteiger partial charge in [0.1, 0.15) is 0 Å². The van der Waals surface area contributed by atoms with Gasteiger partial charge in [-0.2, -0.15) is 5.26 Å². The maximum absolute atomic E-state index is 12.4. The molecule has 0 spiro atoms. The van der Waals surface area contributed by atoms with Crippen molar-refractivity contribution in [1.29, 1.82) is 5.26 Å². The minimum Gasteiger partial charge on any atom is -0.337 e. The van der Waals surface area contributed by atoms with Crippen LogP contribution < -0.4 is 0 Å². The minimum atomic E-state index is -0.0469. The molecule has 0 saturated carbocycles. The second-order valence-electron chi connectivity index (χ2n) is 6.80. The molecule has 0 aliphatic heterocycles. The van der Waals surface area contributed by atoms with Crippen LogP contribution in [0, 0.1) is 11.3 Å². The van der Waals surface area contributed by atoms with Crippen molar-refractivity contribution in [3.05, 3.63) is 70.8 Å². The fourth-order valence-electron chi connectivity index (χ4n) is 2.36. The summed E-state index contributed by atoms with van der Waals surface area (Å²) in [6.07, 6.45) is 0. The summed E-state index contributed by atoms with van der Waals surface area (Å²) >= 11 is 0. The Hall–Kier alpha value is -2.60. The van der Waals surface area contributed by atoms with Gasteiger partial charge in [-0.3, -0.25) is 4.79 Å². The van der Waals surface area contributed by atoms with Crippen molar-refractivity contribution in [2.45, 2.75) is 32.7 Å². The van der Waals surface area contributed by atoms with Gasteiger partial charge in [-0.25, -0.2) is 0 Å². The van der Waals surface area contributed by atoms with Crippen molar-refractivity contribution in [1.82, 2.24) is 4.90 Å². The molecular weight excluding hydrogens is 284 g/mol. The van der Waals surface area contributed by atoms with Crippen LogP contribution in [0.2, 0.25) is 0 Å². The lowest BCUT2D eigenvalue weighted by molar-refractivity contribution is 0.0785. The first kappa shape index (κ1) is 16.8. The SMILES string of the molecule is CN(Cc1ccc(C(C)(C)C)cc1)C(=O)c1ccc(C#N)cc1. The Bertz CT molecular complexity index is 716. The molecule has 0 aliphatic rings. The van der Waals surface area contributed by atoms with Crippen molar-refractivity contribution in [3.8, 4) is 6.07 Å². The predicted octanol–water partition coefficient (Wildman–Crippen LogP) is 4.13. The zero-order chi connectivity index (χ0) is 17.0. The van der Waals surface area contributed by atoms with Gasteiger partial charge in [0, 0.05) is 19.2 Å². The van der Waals surface area contributed by atoms with E-state index in [1.165, 1.54) is 5.56 Å². The Morgan fingerprint density at radius 3 is 2.09 bits per heavy atom. The first-order chi connectivity index (χ1) is 10.8. The zero-order valence-electron chi connectivity index (χ0n) is 14.1. The van der Waals surface area contributed by atoms with Gasteiger partial charge in [0.2, 0.25) is 0 Å². The molecule has 0 saturated heterocycles. The van der Waals surface area contributed by atoms with E-state index in [4.69, 9.17) is 5.26 Å². The molecule has 118 valence electrons. The minimum absolute atomic E-state index is 0.0469. The lowest BCUT2D eigenvalue weighted by Gasteiger charge is -2.21. The second kappa shape index (κ2) is 6.66. The lowest BCUT2D eigenvalue weighted by Crippen LogP contribution is -2.26.